The molecule has 0 aliphatic carbocycles. The number of primary sulfonamides is 1. The zero-order valence-corrected chi connectivity index (χ0v) is 24.4. The average Bonchev–Trinajstić information content (AvgIpc) is 3.57. The van der Waals surface area contributed by atoms with Crippen molar-refractivity contribution in [1.82, 2.24) is 20.0 Å². The van der Waals surface area contributed by atoms with E-state index in [0.29, 0.717) is 33.0 Å². The molecule has 0 radical (unpaired) electrons. The molecule has 224 valence electrons. The second-order valence-corrected chi connectivity index (χ2v) is 13.3. The first-order valence-electron chi connectivity index (χ1n) is 12.3. The molecule has 3 N–H and O–H groups in total. The van der Waals surface area contributed by atoms with Crippen LogP contribution in [0.15, 0.2) is 53.0 Å². The van der Waals surface area contributed by atoms with Crippen molar-refractivity contribution in [2.24, 2.45) is 11.1 Å². The summed E-state index contributed by atoms with van der Waals surface area (Å²) in [6.45, 7) is -0.990. The Morgan fingerprint density at radius 2 is 1.95 bits per heavy atom. The van der Waals surface area contributed by atoms with Gasteiger partial charge in [-0.05, 0) is 35.9 Å². The third kappa shape index (κ3) is 8.85. The van der Waals surface area contributed by atoms with Crippen molar-refractivity contribution in [2.75, 3.05) is 19.0 Å². The summed E-state index contributed by atoms with van der Waals surface area (Å²) < 4.78 is 60.5. The molecule has 0 aliphatic rings. The van der Waals surface area contributed by atoms with Crippen LogP contribution in [0.3, 0.4) is 0 Å². The van der Waals surface area contributed by atoms with Gasteiger partial charge in [-0.3, -0.25) is 13.8 Å². The molecule has 0 saturated heterocycles. The quantitative estimate of drug-likeness (QED) is 0.182. The van der Waals surface area contributed by atoms with E-state index in [-0.39, 0.29) is 42.0 Å². The van der Waals surface area contributed by atoms with E-state index in [1.807, 2.05) is 0 Å². The number of carbonyl (C=O) groups excluding carboxylic acids is 1. The number of fused-ring (bicyclic) bond motifs is 1. The van der Waals surface area contributed by atoms with Crippen molar-refractivity contribution in [3.8, 4) is 11.5 Å². The smallest absolute Gasteiger partial charge is 0.307 e. The maximum Gasteiger partial charge on any atom is 0.307 e. The molecule has 4 aromatic rings. The topological polar surface area (TPSA) is 194 Å². The van der Waals surface area contributed by atoms with E-state index >= 15 is 0 Å². The number of hydrogen-bond donors (Lipinski definition) is 2. The number of ketones is 1. The number of alkyl halides is 1. The van der Waals surface area contributed by atoms with Crippen molar-refractivity contribution in [3.63, 3.8) is 0 Å². The van der Waals surface area contributed by atoms with Crippen LogP contribution in [0.2, 0.25) is 0 Å². The zero-order valence-electron chi connectivity index (χ0n) is 21.9. The Bertz CT molecular complexity index is 1710. The lowest BCUT2D eigenvalue weighted by atomic mass is 10.1. The normalized spacial score (nSPS) is 13.1. The number of ether oxygens (including phenoxy) is 2. The number of sulfonamides is 1. The number of nitrogens with zero attached hydrogens (tertiary/aromatic N) is 4. The molecular weight excluding hydrogens is 614 g/mol. The summed E-state index contributed by atoms with van der Waals surface area (Å²) in [5.74, 6) is -2.15. The summed E-state index contributed by atoms with van der Waals surface area (Å²) in [4.78, 5) is 28.4. The lowest BCUT2D eigenvalue weighted by Crippen LogP contribution is -2.26. The molecule has 1 unspecified atom stereocenters. The van der Waals surface area contributed by atoms with Crippen LogP contribution in [0.4, 0.5) is 4.39 Å². The molecule has 0 amide bonds. The number of thiazole rings is 1. The zero-order chi connectivity index (χ0) is 30.3. The van der Waals surface area contributed by atoms with Crippen LogP contribution in [0.1, 0.15) is 17.7 Å². The molecular formula is C25H26FN5O8S3. The number of nitrogens with two attached hydrogens (primary N) is 1. The van der Waals surface area contributed by atoms with Crippen LogP contribution in [0, 0.1) is 5.92 Å². The van der Waals surface area contributed by atoms with Gasteiger partial charge < -0.3 is 14.6 Å². The highest BCUT2D eigenvalue weighted by molar-refractivity contribution is 7.91. The fourth-order valence-corrected chi connectivity index (χ4v) is 6.89. The maximum atomic E-state index is 12.7. The molecule has 2 aromatic carbocycles. The predicted molar refractivity (Wildman–Crippen MR) is 151 cm³/mol. The molecule has 4 rings (SSSR count). The van der Waals surface area contributed by atoms with Gasteiger partial charge in [0.1, 0.15) is 43.6 Å². The van der Waals surface area contributed by atoms with E-state index in [0.717, 1.165) is 11.3 Å². The number of aromatic nitrogens is 4. The fraction of sp³-hybridized carbons (Fsp3) is 0.320. The Balaban J connectivity index is 1.28. The first-order chi connectivity index (χ1) is 20.0. The lowest BCUT2D eigenvalue weighted by Gasteiger charge is -2.12. The van der Waals surface area contributed by atoms with Gasteiger partial charge in [0.15, 0.2) is 5.78 Å². The second kappa shape index (κ2) is 13.9. The Morgan fingerprint density at radius 3 is 2.69 bits per heavy atom. The first-order valence-corrected chi connectivity index (χ1v) is 16.2. The number of Topliss-reactive ketones (excluding diaryl/α,β-unsaturated/α-hetero) is 1. The molecule has 42 heavy (non-hydrogen) atoms. The number of halogens is 1. The van der Waals surface area contributed by atoms with Crippen LogP contribution in [-0.2, 0) is 49.3 Å². The molecule has 2 atom stereocenters. The average molecular weight is 640 g/mol. The number of benzene rings is 2. The number of rotatable bonds is 16. The number of carboxylic acids is 1. The van der Waals surface area contributed by atoms with Crippen molar-refractivity contribution < 1.29 is 41.2 Å². The summed E-state index contributed by atoms with van der Waals surface area (Å²) >= 11 is 0.913. The summed E-state index contributed by atoms with van der Waals surface area (Å²) in [6.07, 6.45) is 1.13. The van der Waals surface area contributed by atoms with Gasteiger partial charge in [0.05, 0.1) is 22.3 Å². The Labute approximate surface area is 246 Å². The monoisotopic (exact) mass is 639 g/mol. The molecule has 17 heteroatoms. The summed E-state index contributed by atoms with van der Waals surface area (Å²) in [5, 5.41) is 22.6. The molecule has 0 fully saturated rings. The summed E-state index contributed by atoms with van der Waals surface area (Å²) in [5.41, 5.74) is 1.49. The third-order valence-electron chi connectivity index (χ3n) is 5.68. The highest BCUT2D eigenvalue weighted by Crippen LogP contribution is 2.28. The van der Waals surface area contributed by atoms with Crippen LogP contribution in [0.5, 0.6) is 11.5 Å². The van der Waals surface area contributed by atoms with Crippen LogP contribution in [-0.4, -0.2) is 68.5 Å². The largest absolute Gasteiger partial charge is 0.491 e. The van der Waals surface area contributed by atoms with E-state index in [1.54, 1.807) is 42.5 Å². The van der Waals surface area contributed by atoms with E-state index in [9.17, 15) is 31.7 Å². The SMILES string of the molecule is NS(=O)(=O)c1nc2ccc(OCc3cn(CC(=O)C[C@H](CS(=O)Cc4cccc(OCCF)c4)C(=O)O)nn3)cc2s1. The molecule has 13 nitrogen and oxygen atoms in total. The van der Waals surface area contributed by atoms with Crippen molar-refractivity contribution in [3.05, 3.63) is 59.9 Å². The first kappa shape index (κ1) is 31.1. The van der Waals surface area contributed by atoms with Gasteiger partial charge in [0, 0.05) is 28.7 Å². The Hall–Kier alpha value is -3.80. The predicted octanol–water partition coefficient (Wildman–Crippen LogP) is 2.07. The standard InChI is InChI=1S/C25H26FN5O8S3/c26-6-7-38-20-3-1-2-16(8-20)14-41(35)15-17(24(33)34)9-19(32)12-31-11-18(29-30-31)13-39-21-4-5-22-23(10-21)40-25(28-22)42(27,36)37/h1-5,8,10-11,17H,6-7,9,12-15H2,(H,33,34)(H2,27,36,37)/t17-,41?/m1/s1. The minimum absolute atomic E-state index is 0.00268. The van der Waals surface area contributed by atoms with E-state index in [2.05, 4.69) is 15.3 Å². The number of hydrogen-bond acceptors (Lipinski definition) is 11. The maximum absolute atomic E-state index is 12.7. The van der Waals surface area contributed by atoms with Crippen molar-refractivity contribution in [1.29, 1.82) is 0 Å². The molecule has 0 bridgehead atoms. The van der Waals surface area contributed by atoms with E-state index in [1.165, 1.54) is 10.9 Å². The van der Waals surface area contributed by atoms with E-state index in [4.69, 9.17) is 14.6 Å². The highest BCUT2D eigenvalue weighted by atomic mass is 32.2. The number of aliphatic carboxylic acids is 1. The van der Waals surface area contributed by atoms with Gasteiger partial charge in [0.25, 0.3) is 10.0 Å². The van der Waals surface area contributed by atoms with Gasteiger partial charge in [-0.15, -0.1) is 16.4 Å². The van der Waals surface area contributed by atoms with Crippen LogP contribution < -0.4 is 14.6 Å². The molecule has 0 aliphatic heterocycles. The second-order valence-electron chi connectivity index (χ2n) is 9.06. The van der Waals surface area contributed by atoms with Gasteiger partial charge in [-0.25, -0.2) is 27.6 Å². The Kier molecular flexibility index (Phi) is 10.3. The summed E-state index contributed by atoms with van der Waals surface area (Å²) in [7, 11) is -5.50. The minimum Gasteiger partial charge on any atom is -0.491 e. The lowest BCUT2D eigenvalue weighted by molar-refractivity contribution is -0.143. The Morgan fingerprint density at radius 1 is 1.17 bits per heavy atom. The minimum atomic E-state index is -3.92. The fourth-order valence-electron chi connectivity index (χ4n) is 3.82. The molecule has 2 aromatic heterocycles. The molecule has 0 saturated carbocycles. The molecule has 0 spiro atoms. The van der Waals surface area contributed by atoms with E-state index < -0.39 is 45.2 Å². The van der Waals surface area contributed by atoms with Crippen LogP contribution >= 0.6 is 11.3 Å². The number of carbonyl (C=O) groups is 2. The third-order valence-corrected chi connectivity index (χ3v) is 9.44. The van der Waals surface area contributed by atoms with Gasteiger partial charge in [-0.2, -0.15) is 0 Å². The van der Waals surface area contributed by atoms with Crippen LogP contribution in [0.25, 0.3) is 10.2 Å². The van der Waals surface area contributed by atoms with Crippen molar-refractivity contribution in [2.45, 2.75) is 29.7 Å². The van der Waals surface area contributed by atoms with Gasteiger partial charge >= 0.3 is 5.97 Å². The summed E-state index contributed by atoms with van der Waals surface area (Å²) in [6, 6.07) is 11.4. The molecule has 2 heterocycles. The van der Waals surface area contributed by atoms with Crippen molar-refractivity contribution >= 4 is 54.1 Å². The van der Waals surface area contributed by atoms with Gasteiger partial charge in [-0.1, -0.05) is 17.3 Å². The van der Waals surface area contributed by atoms with Gasteiger partial charge in [0.2, 0.25) is 4.34 Å². The number of carboxylic acid groups (broad SMARTS) is 1. The highest BCUT2D eigenvalue weighted by Gasteiger charge is 2.24.